The largest absolute Gasteiger partial charge is 0.425 e. The molecule has 1 aliphatic heterocycles. The lowest BCUT2D eigenvalue weighted by atomic mass is 10.5. The second kappa shape index (κ2) is 1.90. The summed E-state index contributed by atoms with van der Waals surface area (Å²) in [6.45, 7) is 0. The number of nitrogens with one attached hydrogen (secondary N) is 1. The van der Waals surface area contributed by atoms with E-state index in [2.05, 4.69) is 9.47 Å². The summed E-state index contributed by atoms with van der Waals surface area (Å²) in [5.74, 6) is -4.94. The van der Waals surface area contributed by atoms with Crippen LogP contribution in [-0.4, -0.2) is 23.8 Å². The Balaban J connectivity index is 2.82. The average Bonchev–Trinajstić information content (AvgIpc) is 1.84. The Bertz CT molecular complexity index is 192. The molecule has 0 spiro atoms. The molecule has 1 saturated heterocycles. The van der Waals surface area contributed by atoms with Crippen molar-refractivity contribution in [2.24, 2.45) is 0 Å². The summed E-state index contributed by atoms with van der Waals surface area (Å²) in [5, 5.41) is 6.55. The maximum Gasteiger partial charge on any atom is 0.425 e. The van der Waals surface area contributed by atoms with E-state index in [1.54, 1.807) is 0 Å². The van der Waals surface area contributed by atoms with E-state index in [1.807, 2.05) is 0 Å². The third-order valence-electron chi connectivity index (χ3n) is 0.732. The van der Waals surface area contributed by atoms with Crippen molar-refractivity contribution in [2.45, 2.75) is 0 Å². The topological polar surface area (TPSA) is 93.5 Å². The van der Waals surface area contributed by atoms with Gasteiger partial charge in [-0.25, -0.2) is 14.4 Å². The van der Waals surface area contributed by atoms with Crippen molar-refractivity contribution in [3.8, 4) is 0 Å². The van der Waals surface area contributed by atoms with Gasteiger partial charge in [-0.3, -0.25) is 5.41 Å². The van der Waals surface area contributed by atoms with Gasteiger partial charge in [0.1, 0.15) is 0 Å². The van der Waals surface area contributed by atoms with Crippen molar-refractivity contribution < 1.29 is 23.9 Å². The van der Waals surface area contributed by atoms with Gasteiger partial charge in [0.2, 0.25) is 0 Å². The molecule has 1 N–H and O–H groups in total. The van der Waals surface area contributed by atoms with Gasteiger partial charge in [-0.15, -0.1) is 0 Å². The van der Waals surface area contributed by atoms with Crippen molar-refractivity contribution in [2.75, 3.05) is 0 Å². The summed E-state index contributed by atoms with van der Waals surface area (Å²) in [7, 11) is 0. The fourth-order valence-corrected chi connectivity index (χ4v) is 0.348. The Hall–Kier alpha value is -1.72. The Morgan fingerprint density at radius 3 is 1.90 bits per heavy atom. The summed E-state index contributed by atoms with van der Waals surface area (Å²) in [4.78, 5) is 30.5. The van der Waals surface area contributed by atoms with Crippen LogP contribution in [0.25, 0.3) is 0 Å². The van der Waals surface area contributed by atoms with E-state index in [0.29, 0.717) is 0 Å². The number of rotatable bonds is 0. The van der Waals surface area contributed by atoms with Crippen LogP contribution in [0.4, 0.5) is 0 Å². The molecule has 0 saturated carbocycles. The molecule has 0 aromatic heterocycles. The Labute approximate surface area is 54.2 Å². The lowest BCUT2D eigenvalue weighted by Crippen LogP contribution is -2.37. The molecule has 0 aromatic carbocycles. The predicted octanol–water partition coefficient (Wildman–Crippen LogP) is -1.41. The van der Waals surface area contributed by atoms with Gasteiger partial charge in [0.05, 0.1) is 0 Å². The number of cyclic esters (lactones) is 3. The first-order chi connectivity index (χ1) is 4.61. The highest BCUT2D eigenvalue weighted by molar-refractivity contribution is 6.47. The van der Waals surface area contributed by atoms with Crippen molar-refractivity contribution >= 4 is 23.8 Å². The van der Waals surface area contributed by atoms with E-state index in [1.165, 1.54) is 0 Å². The van der Waals surface area contributed by atoms with Crippen molar-refractivity contribution in [1.29, 1.82) is 5.41 Å². The highest BCUT2D eigenvalue weighted by atomic mass is 16.7. The maximum absolute atomic E-state index is 10.2. The Morgan fingerprint density at radius 2 is 1.40 bits per heavy atom. The van der Waals surface area contributed by atoms with Gasteiger partial charge in [-0.1, -0.05) is 0 Å². The summed E-state index contributed by atoms with van der Waals surface area (Å²) in [5.41, 5.74) is 0. The van der Waals surface area contributed by atoms with Crippen LogP contribution in [0.3, 0.4) is 0 Å². The third-order valence-corrected chi connectivity index (χ3v) is 0.732. The van der Waals surface area contributed by atoms with Crippen LogP contribution in [0.15, 0.2) is 0 Å². The lowest BCUT2D eigenvalue weighted by molar-refractivity contribution is -0.172. The van der Waals surface area contributed by atoms with Crippen molar-refractivity contribution in [3.05, 3.63) is 0 Å². The van der Waals surface area contributed by atoms with E-state index < -0.39 is 23.8 Å². The molecular weight excluding hydrogens is 142 g/mol. The van der Waals surface area contributed by atoms with Crippen molar-refractivity contribution in [1.82, 2.24) is 0 Å². The highest BCUT2D eigenvalue weighted by Gasteiger charge is 2.33. The lowest BCUT2D eigenvalue weighted by Gasteiger charge is -2.07. The van der Waals surface area contributed by atoms with E-state index in [9.17, 15) is 14.4 Å². The minimum Gasteiger partial charge on any atom is -0.392 e. The Kier molecular flexibility index (Phi) is 1.22. The standard InChI is InChI=1S/C4HNO5/c5-1-2(6)10-4(8)3(7)9-1/h5H. The van der Waals surface area contributed by atoms with E-state index in [4.69, 9.17) is 5.41 Å². The van der Waals surface area contributed by atoms with Gasteiger partial charge in [0, 0.05) is 0 Å². The monoisotopic (exact) mass is 143 g/mol. The molecule has 0 aliphatic carbocycles. The Morgan fingerprint density at radius 1 is 0.900 bits per heavy atom. The molecule has 0 unspecified atom stereocenters. The number of esters is 3. The zero-order chi connectivity index (χ0) is 7.72. The molecule has 10 heavy (non-hydrogen) atoms. The van der Waals surface area contributed by atoms with Crippen LogP contribution < -0.4 is 0 Å². The predicted molar refractivity (Wildman–Crippen MR) is 24.9 cm³/mol. The number of hydrogen-bond donors (Lipinski definition) is 1. The molecule has 6 heteroatoms. The van der Waals surface area contributed by atoms with Gasteiger partial charge in [0.15, 0.2) is 0 Å². The number of hydrogen-bond acceptors (Lipinski definition) is 6. The zero-order valence-corrected chi connectivity index (χ0v) is 4.54. The van der Waals surface area contributed by atoms with Crippen LogP contribution in [0.5, 0.6) is 0 Å². The fraction of sp³-hybridized carbons (Fsp3) is 0. The average molecular weight is 143 g/mol. The molecule has 1 heterocycles. The van der Waals surface area contributed by atoms with Crippen LogP contribution in [0, 0.1) is 5.41 Å². The van der Waals surface area contributed by atoms with Crippen LogP contribution in [0.2, 0.25) is 0 Å². The third kappa shape index (κ3) is 0.859. The summed E-state index contributed by atoms with van der Waals surface area (Å²) in [6, 6.07) is 0. The van der Waals surface area contributed by atoms with Crippen LogP contribution in [-0.2, 0) is 23.9 Å². The van der Waals surface area contributed by atoms with E-state index >= 15 is 0 Å². The SMILES string of the molecule is N=C1OC(=O)C(=O)OC1=O. The highest BCUT2D eigenvalue weighted by Crippen LogP contribution is 1.96. The van der Waals surface area contributed by atoms with E-state index in [0.717, 1.165) is 0 Å². The molecule has 1 aliphatic rings. The molecule has 1 rings (SSSR count). The molecule has 0 aromatic rings. The van der Waals surface area contributed by atoms with Gasteiger partial charge in [-0.2, -0.15) is 0 Å². The van der Waals surface area contributed by atoms with Gasteiger partial charge < -0.3 is 9.47 Å². The first kappa shape index (κ1) is 6.40. The normalized spacial score (nSPS) is 18.4. The zero-order valence-electron chi connectivity index (χ0n) is 4.54. The molecule has 0 radical (unpaired) electrons. The van der Waals surface area contributed by atoms with E-state index in [-0.39, 0.29) is 0 Å². The molecular formula is C4HNO5. The summed E-state index contributed by atoms with van der Waals surface area (Å²) >= 11 is 0. The number of carbonyl (C=O) groups excluding carboxylic acids is 3. The molecule has 52 valence electrons. The first-order valence-electron chi connectivity index (χ1n) is 2.18. The van der Waals surface area contributed by atoms with Gasteiger partial charge in [-0.05, 0) is 0 Å². The molecule has 0 bridgehead atoms. The van der Waals surface area contributed by atoms with Crippen molar-refractivity contribution in [3.63, 3.8) is 0 Å². The van der Waals surface area contributed by atoms with Crippen LogP contribution >= 0.6 is 0 Å². The number of carbonyl (C=O) groups is 3. The molecule has 1 fully saturated rings. The second-order valence-electron chi connectivity index (χ2n) is 1.40. The van der Waals surface area contributed by atoms with Gasteiger partial charge in [0.25, 0.3) is 0 Å². The maximum atomic E-state index is 10.2. The molecule has 0 atom stereocenters. The van der Waals surface area contributed by atoms with Gasteiger partial charge >= 0.3 is 23.8 Å². The summed E-state index contributed by atoms with van der Waals surface area (Å²) in [6.07, 6.45) is 0. The molecule has 6 nitrogen and oxygen atoms in total. The van der Waals surface area contributed by atoms with Crippen LogP contribution in [0.1, 0.15) is 0 Å². The quantitative estimate of drug-likeness (QED) is 0.255. The fourth-order valence-electron chi connectivity index (χ4n) is 0.348. The molecule has 0 amide bonds. The number of ether oxygens (including phenoxy) is 2. The summed E-state index contributed by atoms with van der Waals surface area (Å²) < 4.78 is 7.56. The minimum atomic E-state index is -1.39. The minimum absolute atomic E-state index is 0.968. The second-order valence-corrected chi connectivity index (χ2v) is 1.40. The smallest absolute Gasteiger partial charge is 0.392 e. The first-order valence-corrected chi connectivity index (χ1v) is 2.18.